The minimum atomic E-state index is -0.559. The molecule has 1 aromatic heterocycles. The number of piperidine rings is 1. The number of ether oxygens (including phenoxy) is 1. The van der Waals surface area contributed by atoms with Crippen LogP contribution in [-0.4, -0.2) is 36.5 Å². The van der Waals surface area contributed by atoms with Gasteiger partial charge in [-0.25, -0.2) is 9.18 Å². The lowest BCUT2D eigenvalue weighted by Gasteiger charge is -2.28. The molecule has 0 aliphatic carbocycles. The zero-order chi connectivity index (χ0) is 14.8. The Kier molecular flexibility index (Phi) is 3.60. The number of likely N-dealkylation sites (tertiary alicyclic amines) is 1. The molecule has 0 saturated carbocycles. The van der Waals surface area contributed by atoms with E-state index in [9.17, 15) is 14.0 Å². The van der Waals surface area contributed by atoms with Crippen molar-refractivity contribution in [1.29, 1.82) is 0 Å². The van der Waals surface area contributed by atoms with Crippen molar-refractivity contribution in [1.82, 2.24) is 4.90 Å². The van der Waals surface area contributed by atoms with E-state index in [4.69, 9.17) is 9.15 Å². The van der Waals surface area contributed by atoms with Gasteiger partial charge in [0, 0.05) is 31.3 Å². The lowest BCUT2D eigenvalue weighted by atomic mass is 10.1. The van der Waals surface area contributed by atoms with Crippen LogP contribution < -0.4 is 0 Å². The minimum absolute atomic E-state index is 0.0633. The van der Waals surface area contributed by atoms with Crippen LogP contribution in [0.5, 0.6) is 0 Å². The molecule has 2 heterocycles. The molecular formula is C15H14FNO4. The van der Waals surface area contributed by atoms with Crippen LogP contribution in [0.3, 0.4) is 0 Å². The predicted octanol–water partition coefficient (Wildman–Crippen LogP) is 2.35. The van der Waals surface area contributed by atoms with Gasteiger partial charge in [0.1, 0.15) is 17.5 Å². The van der Waals surface area contributed by atoms with Gasteiger partial charge in [-0.2, -0.15) is 0 Å². The van der Waals surface area contributed by atoms with E-state index in [1.54, 1.807) is 4.90 Å². The third kappa shape index (κ3) is 2.89. The normalized spacial score (nSPS) is 16.1. The van der Waals surface area contributed by atoms with Crippen molar-refractivity contribution in [2.24, 2.45) is 0 Å². The van der Waals surface area contributed by atoms with Crippen LogP contribution in [0.15, 0.2) is 28.7 Å². The van der Waals surface area contributed by atoms with Crippen molar-refractivity contribution >= 4 is 23.3 Å². The fourth-order valence-corrected chi connectivity index (χ4v) is 2.42. The van der Waals surface area contributed by atoms with Crippen LogP contribution in [0.1, 0.15) is 23.4 Å². The summed E-state index contributed by atoms with van der Waals surface area (Å²) in [7, 11) is 0. The Labute approximate surface area is 120 Å². The highest BCUT2D eigenvalue weighted by Crippen LogP contribution is 2.22. The van der Waals surface area contributed by atoms with Gasteiger partial charge in [0.25, 0.3) is 0 Å². The zero-order valence-corrected chi connectivity index (χ0v) is 11.3. The second kappa shape index (κ2) is 5.55. The number of carbonyl (C=O) groups is 2. The number of benzene rings is 1. The highest BCUT2D eigenvalue weighted by Gasteiger charge is 2.23. The van der Waals surface area contributed by atoms with Crippen molar-refractivity contribution in [3.05, 3.63) is 35.8 Å². The van der Waals surface area contributed by atoms with E-state index in [1.807, 2.05) is 0 Å². The largest absolute Gasteiger partial charge is 0.456 e. The molecule has 0 radical (unpaired) electrons. The van der Waals surface area contributed by atoms with E-state index >= 15 is 0 Å². The molecule has 110 valence electrons. The van der Waals surface area contributed by atoms with Crippen LogP contribution in [0, 0.1) is 5.82 Å². The predicted molar refractivity (Wildman–Crippen MR) is 72.2 cm³/mol. The topological polar surface area (TPSA) is 59.8 Å². The van der Waals surface area contributed by atoms with E-state index in [2.05, 4.69) is 0 Å². The average molecular weight is 291 g/mol. The lowest BCUT2D eigenvalue weighted by Crippen LogP contribution is -2.36. The maximum absolute atomic E-state index is 13.1. The number of hydrogen-bond donors (Lipinski definition) is 0. The van der Waals surface area contributed by atoms with Crippen LogP contribution in [0.2, 0.25) is 0 Å². The molecule has 1 saturated heterocycles. The molecule has 3 rings (SSSR count). The summed E-state index contributed by atoms with van der Waals surface area (Å²) in [4.78, 5) is 24.3. The Morgan fingerprint density at radius 2 is 2.10 bits per heavy atom. The van der Waals surface area contributed by atoms with Crippen LogP contribution >= 0.6 is 0 Å². The summed E-state index contributed by atoms with van der Waals surface area (Å²) in [5.41, 5.74) is 0.444. The van der Waals surface area contributed by atoms with Crippen molar-refractivity contribution < 1.29 is 23.1 Å². The first-order valence-corrected chi connectivity index (χ1v) is 6.75. The number of rotatable bonds is 3. The summed E-state index contributed by atoms with van der Waals surface area (Å²) in [6.07, 6.45) is 1.79. The summed E-state index contributed by atoms with van der Waals surface area (Å²) < 4.78 is 23.8. The smallest absolute Gasteiger partial charge is 0.374 e. The molecule has 0 N–H and O–H groups in total. The maximum Gasteiger partial charge on any atom is 0.374 e. The Hall–Kier alpha value is -2.37. The average Bonchev–Trinajstić information content (AvgIpc) is 2.91. The second-order valence-electron chi connectivity index (χ2n) is 5.04. The Morgan fingerprint density at radius 1 is 1.33 bits per heavy atom. The third-order valence-electron chi connectivity index (χ3n) is 3.58. The van der Waals surface area contributed by atoms with Gasteiger partial charge in [-0.15, -0.1) is 0 Å². The fraction of sp³-hybridized carbons (Fsp3) is 0.333. The number of halogens is 1. The third-order valence-corrected chi connectivity index (χ3v) is 3.58. The van der Waals surface area contributed by atoms with Gasteiger partial charge in [0.2, 0.25) is 12.2 Å². The Bertz CT molecular complexity index is 673. The van der Waals surface area contributed by atoms with Gasteiger partial charge in [0.15, 0.2) is 0 Å². The zero-order valence-electron chi connectivity index (χ0n) is 11.3. The number of nitrogens with zero attached hydrogens (tertiary/aromatic N) is 1. The summed E-state index contributed by atoms with van der Waals surface area (Å²) in [6, 6.07) is 5.53. The molecule has 1 aliphatic heterocycles. The van der Waals surface area contributed by atoms with Crippen LogP contribution in [0.4, 0.5) is 4.39 Å². The molecule has 21 heavy (non-hydrogen) atoms. The molecule has 1 aliphatic rings. The van der Waals surface area contributed by atoms with Gasteiger partial charge in [-0.1, -0.05) is 0 Å². The molecule has 1 amide bonds. The van der Waals surface area contributed by atoms with Gasteiger partial charge >= 0.3 is 5.97 Å². The van der Waals surface area contributed by atoms with Crippen molar-refractivity contribution in [2.45, 2.75) is 18.9 Å². The van der Waals surface area contributed by atoms with Gasteiger partial charge < -0.3 is 14.1 Å². The van der Waals surface area contributed by atoms with E-state index < -0.39 is 5.97 Å². The van der Waals surface area contributed by atoms with E-state index in [-0.39, 0.29) is 17.7 Å². The first-order chi connectivity index (χ1) is 10.2. The number of esters is 1. The van der Waals surface area contributed by atoms with E-state index in [0.29, 0.717) is 36.9 Å². The summed E-state index contributed by atoms with van der Waals surface area (Å²) in [5.74, 6) is -0.881. The first kappa shape index (κ1) is 13.6. The van der Waals surface area contributed by atoms with Crippen LogP contribution in [-0.2, 0) is 9.53 Å². The molecular weight excluding hydrogens is 277 g/mol. The maximum atomic E-state index is 13.1. The number of hydrogen-bond acceptors (Lipinski definition) is 4. The lowest BCUT2D eigenvalue weighted by molar-refractivity contribution is -0.120. The SMILES string of the molecule is O=CN1CCC(OC(=O)c2cc3cc(F)ccc3o2)CC1. The molecule has 0 unspecified atom stereocenters. The van der Waals surface area contributed by atoms with Gasteiger partial charge in [-0.05, 0) is 24.3 Å². The minimum Gasteiger partial charge on any atom is -0.456 e. The number of amides is 1. The highest BCUT2D eigenvalue weighted by molar-refractivity contribution is 5.92. The molecule has 1 aromatic carbocycles. The fourth-order valence-electron chi connectivity index (χ4n) is 2.42. The molecule has 0 bridgehead atoms. The summed E-state index contributed by atoms with van der Waals surface area (Å²) in [6.45, 7) is 1.15. The summed E-state index contributed by atoms with van der Waals surface area (Å²) in [5, 5.41) is 0.526. The number of carbonyl (C=O) groups excluding carboxylic acids is 2. The monoisotopic (exact) mass is 291 g/mol. The molecule has 0 atom stereocenters. The van der Waals surface area contributed by atoms with Crippen molar-refractivity contribution in [3.63, 3.8) is 0 Å². The number of fused-ring (bicyclic) bond motifs is 1. The highest BCUT2D eigenvalue weighted by atomic mass is 19.1. The standard InChI is InChI=1S/C15H14FNO4/c16-11-1-2-13-10(7-11)8-14(21-13)15(19)20-12-3-5-17(9-18)6-4-12/h1-2,7-9,12H,3-6H2. The van der Waals surface area contributed by atoms with Gasteiger partial charge in [0.05, 0.1) is 0 Å². The summed E-state index contributed by atoms with van der Waals surface area (Å²) >= 11 is 0. The van der Waals surface area contributed by atoms with E-state index in [1.165, 1.54) is 24.3 Å². The quantitative estimate of drug-likeness (QED) is 0.643. The molecule has 5 nitrogen and oxygen atoms in total. The number of furan rings is 1. The van der Waals surface area contributed by atoms with Crippen molar-refractivity contribution in [3.8, 4) is 0 Å². The van der Waals surface area contributed by atoms with Gasteiger partial charge in [-0.3, -0.25) is 4.79 Å². The second-order valence-corrected chi connectivity index (χ2v) is 5.04. The van der Waals surface area contributed by atoms with Crippen molar-refractivity contribution in [2.75, 3.05) is 13.1 Å². The van der Waals surface area contributed by atoms with E-state index in [0.717, 1.165) is 6.41 Å². The Balaban J connectivity index is 1.68. The molecule has 0 spiro atoms. The molecule has 1 fully saturated rings. The molecule has 6 heteroatoms. The Morgan fingerprint density at radius 3 is 2.81 bits per heavy atom. The first-order valence-electron chi connectivity index (χ1n) is 6.75. The van der Waals surface area contributed by atoms with Crippen LogP contribution in [0.25, 0.3) is 11.0 Å². The molecule has 2 aromatic rings.